The van der Waals surface area contributed by atoms with Gasteiger partial charge >= 0.3 is 0 Å². The highest BCUT2D eigenvalue weighted by Gasteiger charge is 2.48. The van der Waals surface area contributed by atoms with Crippen molar-refractivity contribution in [2.75, 3.05) is 14.2 Å². The highest BCUT2D eigenvalue weighted by Crippen LogP contribution is 2.48. The van der Waals surface area contributed by atoms with Crippen LogP contribution < -0.4 is 32.0 Å². The number of nitrogens with zero attached hydrogens (tertiary/aromatic N) is 2. The summed E-state index contributed by atoms with van der Waals surface area (Å²) in [5.41, 5.74) is 5.78. The Balaban J connectivity index is 0.000000202. The van der Waals surface area contributed by atoms with Crippen molar-refractivity contribution in [3.63, 3.8) is 0 Å². The molecule has 8 nitrogen and oxygen atoms in total. The molecule has 4 aromatic carbocycles. The van der Waals surface area contributed by atoms with Crippen molar-refractivity contribution in [1.29, 1.82) is 0 Å². The molecule has 0 aromatic heterocycles. The average molecular weight is 809 g/mol. The average Bonchev–Trinajstić information content (AvgIpc) is 3.12. The van der Waals surface area contributed by atoms with Gasteiger partial charge in [-0.1, -0.05) is 97.1 Å². The van der Waals surface area contributed by atoms with Crippen LogP contribution in [-0.2, 0) is 18.8 Å². The molecule has 11 heteroatoms. The molecule has 2 heterocycles. The van der Waals surface area contributed by atoms with E-state index in [2.05, 4.69) is 70.6 Å². The highest BCUT2D eigenvalue weighted by atomic mass is 35.7. The molecular weight excluding hydrogens is 746 g/mol. The summed E-state index contributed by atoms with van der Waals surface area (Å²) in [4.78, 5) is 11.2. The van der Waals surface area contributed by atoms with Crippen LogP contribution in [0, 0.1) is 0 Å². The molecule has 0 spiro atoms. The first kappa shape index (κ1) is 45.1. The molecule has 0 aliphatic carbocycles. The van der Waals surface area contributed by atoms with Gasteiger partial charge in [-0.15, -0.1) is 0 Å². The Morgan fingerprint density at radius 1 is 0.545 bits per heavy atom. The molecular formula is C44H63ClN4O4P2. The first-order chi connectivity index (χ1) is 25.7. The van der Waals surface area contributed by atoms with Gasteiger partial charge in [-0.25, -0.2) is 0 Å². The fourth-order valence-corrected chi connectivity index (χ4v) is 13.5. The fraction of sp³-hybridized carbons (Fsp3) is 0.455. The van der Waals surface area contributed by atoms with E-state index in [0.29, 0.717) is 10.6 Å². The molecule has 0 bridgehead atoms. The van der Waals surface area contributed by atoms with Crippen LogP contribution in [-0.4, -0.2) is 58.6 Å². The normalized spacial score (nSPS) is 20.0. The summed E-state index contributed by atoms with van der Waals surface area (Å²) in [5.74, 6) is 0. The molecule has 2 fully saturated rings. The predicted octanol–water partition coefficient (Wildman–Crippen LogP) is 8.77. The maximum absolute atomic E-state index is 14.3. The van der Waals surface area contributed by atoms with Crippen LogP contribution in [0.1, 0.15) is 81.1 Å². The lowest BCUT2D eigenvalue weighted by Gasteiger charge is -2.53. The standard InChI is InChI=1S/C22H31N2O2P.C12H10ClOP.C10H22N2O/c1-21(2)16-18(17-22(3,4)24(21)26-5)23-27(25,19-12-8-6-9-13-19)20-14-10-7-11-15-20;13-15(14,11-7-3-1-4-8-11)12-9-5-2-6-10-12;1-9(2)6-8(11)7-10(3,4)12(9)13-5/h6-15,18H,16-17H2,1-5H3,(H,23,25);1-10H;8H,6-7,11H2,1-5H3. The van der Waals surface area contributed by atoms with Gasteiger partial charge in [0, 0.05) is 55.5 Å². The molecule has 6 rings (SSSR count). The molecule has 0 radical (unpaired) electrons. The Hall–Kier alpha value is -2.61. The van der Waals surface area contributed by atoms with Gasteiger partial charge in [-0.3, -0.25) is 14.2 Å². The molecule has 4 aromatic rings. The quantitative estimate of drug-likeness (QED) is 0.171. The monoisotopic (exact) mass is 808 g/mol. The van der Waals surface area contributed by atoms with E-state index in [4.69, 9.17) is 26.6 Å². The molecule has 3 N–H and O–H groups in total. The zero-order valence-corrected chi connectivity index (χ0v) is 37.0. The van der Waals surface area contributed by atoms with Gasteiger partial charge in [0.25, 0.3) is 0 Å². The predicted molar refractivity (Wildman–Crippen MR) is 233 cm³/mol. The summed E-state index contributed by atoms with van der Waals surface area (Å²) >= 11 is 6.14. The molecule has 2 aliphatic rings. The van der Waals surface area contributed by atoms with E-state index >= 15 is 0 Å². The molecule has 0 atom stereocenters. The van der Waals surface area contributed by atoms with Crippen molar-refractivity contribution in [1.82, 2.24) is 15.2 Å². The maximum Gasteiger partial charge on any atom is 0.225 e. The molecule has 55 heavy (non-hydrogen) atoms. The second kappa shape index (κ2) is 18.3. The minimum atomic E-state index is -2.94. The van der Waals surface area contributed by atoms with Gasteiger partial charge in [0.05, 0.1) is 14.2 Å². The fourth-order valence-electron chi connectivity index (χ4n) is 8.90. The van der Waals surface area contributed by atoms with E-state index < -0.39 is 13.8 Å². The van der Waals surface area contributed by atoms with Gasteiger partial charge in [0.2, 0.25) is 13.8 Å². The third-order valence-corrected chi connectivity index (χ3v) is 16.2. The molecule has 300 valence electrons. The number of halogens is 1. The number of piperidine rings is 2. The smallest absolute Gasteiger partial charge is 0.225 e. The zero-order chi connectivity index (χ0) is 40.7. The lowest BCUT2D eigenvalue weighted by molar-refractivity contribution is -0.266. The lowest BCUT2D eigenvalue weighted by Crippen LogP contribution is -2.63. The summed E-state index contributed by atoms with van der Waals surface area (Å²) in [6.07, 6.45) is 3.69. The Bertz CT molecular complexity index is 1760. The van der Waals surface area contributed by atoms with Crippen LogP contribution in [0.3, 0.4) is 0 Å². The van der Waals surface area contributed by atoms with Crippen LogP contribution in [0.4, 0.5) is 0 Å². The highest BCUT2D eigenvalue weighted by molar-refractivity contribution is 8.00. The number of nitrogens with two attached hydrogens (primary N) is 1. The number of benzene rings is 4. The van der Waals surface area contributed by atoms with Crippen molar-refractivity contribution in [3.8, 4) is 0 Å². The topological polar surface area (TPSA) is 97.1 Å². The molecule has 2 aliphatic heterocycles. The number of hydrogen-bond donors (Lipinski definition) is 2. The van der Waals surface area contributed by atoms with E-state index in [9.17, 15) is 9.13 Å². The summed E-state index contributed by atoms with van der Waals surface area (Å²) in [7, 11) is 0.526. The Labute approximate surface area is 335 Å². The number of nitrogens with one attached hydrogen (secondary N) is 1. The van der Waals surface area contributed by atoms with Crippen LogP contribution >= 0.6 is 25.0 Å². The largest absolute Gasteiger partial charge is 0.328 e. The Morgan fingerprint density at radius 3 is 1.11 bits per heavy atom. The minimum absolute atomic E-state index is 0.0376. The van der Waals surface area contributed by atoms with E-state index in [0.717, 1.165) is 36.3 Å². The summed E-state index contributed by atoms with van der Waals surface area (Å²) in [6.45, 7) is 14.5. The van der Waals surface area contributed by atoms with Gasteiger partial charge in [-0.2, -0.15) is 10.1 Å². The second-order valence-electron chi connectivity index (χ2n) is 17.1. The van der Waals surface area contributed by atoms with Crippen LogP contribution in [0.25, 0.3) is 0 Å². The zero-order valence-electron chi connectivity index (χ0n) is 34.4. The van der Waals surface area contributed by atoms with Gasteiger partial charge in [0.1, 0.15) is 0 Å². The van der Waals surface area contributed by atoms with Crippen molar-refractivity contribution in [2.24, 2.45) is 5.73 Å². The van der Waals surface area contributed by atoms with Gasteiger partial charge < -0.3 is 15.4 Å². The lowest BCUT2D eigenvalue weighted by atomic mass is 9.79. The van der Waals surface area contributed by atoms with Crippen LogP contribution in [0.5, 0.6) is 0 Å². The molecule has 0 unspecified atom stereocenters. The van der Waals surface area contributed by atoms with Crippen molar-refractivity contribution < 1.29 is 18.8 Å². The third-order valence-electron chi connectivity index (χ3n) is 10.4. The van der Waals surface area contributed by atoms with Gasteiger partial charge in [0.15, 0.2) is 0 Å². The van der Waals surface area contributed by atoms with E-state index in [1.54, 1.807) is 38.5 Å². The Kier molecular flexibility index (Phi) is 15.0. The van der Waals surface area contributed by atoms with Gasteiger partial charge in [-0.05, 0) is 117 Å². The Morgan fingerprint density at radius 2 is 0.818 bits per heavy atom. The third kappa shape index (κ3) is 11.1. The van der Waals surface area contributed by atoms with Crippen LogP contribution in [0.2, 0.25) is 0 Å². The number of hydroxylamine groups is 4. The SMILES string of the molecule is CON1C(C)(C)CC(N)CC1(C)C.CON1C(C)(C)CC(NP(=O)(c2ccccc2)c2ccccc2)CC1(C)C.O=P(Cl)(c1ccccc1)c1ccccc1. The first-order valence-electron chi connectivity index (χ1n) is 19.0. The van der Waals surface area contributed by atoms with E-state index in [1.807, 2.05) is 97.1 Å². The first-order valence-corrected chi connectivity index (χ1v) is 23.4. The molecule has 0 saturated carbocycles. The maximum atomic E-state index is 14.3. The van der Waals surface area contributed by atoms with Crippen molar-refractivity contribution in [3.05, 3.63) is 121 Å². The number of rotatable bonds is 8. The second-order valence-corrected chi connectivity index (χ2v) is 23.1. The number of hydrogen-bond acceptors (Lipinski definition) is 7. The molecule has 2 saturated heterocycles. The summed E-state index contributed by atoms with van der Waals surface area (Å²) in [5, 5.41) is 10.8. The van der Waals surface area contributed by atoms with Crippen LogP contribution in [0.15, 0.2) is 121 Å². The van der Waals surface area contributed by atoms with E-state index in [-0.39, 0.29) is 34.2 Å². The molecule has 0 amide bonds. The van der Waals surface area contributed by atoms with E-state index in [1.165, 1.54) is 0 Å². The minimum Gasteiger partial charge on any atom is -0.328 e. The summed E-state index contributed by atoms with van der Waals surface area (Å²) < 4.78 is 26.7. The van der Waals surface area contributed by atoms with Crippen molar-refractivity contribution >= 4 is 46.2 Å². The summed E-state index contributed by atoms with van der Waals surface area (Å²) in [6, 6.07) is 38.3. The van der Waals surface area contributed by atoms with Crippen molar-refractivity contribution in [2.45, 2.75) is 115 Å².